The quantitative estimate of drug-likeness (QED) is 0.858. The number of hydrogen-bond donors (Lipinski definition) is 1. The lowest BCUT2D eigenvalue weighted by Gasteiger charge is -2.34. The van der Waals surface area contributed by atoms with E-state index < -0.39 is 0 Å². The molecule has 1 fully saturated rings. The van der Waals surface area contributed by atoms with Crippen LogP contribution in [-0.2, 0) is 17.7 Å². The monoisotopic (exact) mass is 324 g/mol. The van der Waals surface area contributed by atoms with Crippen molar-refractivity contribution in [2.24, 2.45) is 0 Å². The second-order valence-electron chi connectivity index (χ2n) is 6.22. The zero-order valence-corrected chi connectivity index (χ0v) is 14.1. The Kier molecular flexibility index (Phi) is 5.62. The normalized spacial score (nSPS) is 18.3. The lowest BCUT2D eigenvalue weighted by Crippen LogP contribution is -2.51. The molecule has 0 aromatic heterocycles. The number of ether oxygens (including phenoxy) is 1. The SMILES string of the molecule is COC(=O)c1ccccc1CN1CCN[C@@H](Cc2ccccc2)C1. The zero-order chi connectivity index (χ0) is 16.8. The van der Waals surface area contributed by atoms with Gasteiger partial charge in [0.2, 0.25) is 0 Å². The van der Waals surface area contributed by atoms with Crippen molar-refractivity contribution in [3.8, 4) is 0 Å². The third-order valence-electron chi connectivity index (χ3n) is 4.48. The highest BCUT2D eigenvalue weighted by Crippen LogP contribution is 2.15. The number of piperazine rings is 1. The molecule has 1 atom stereocenters. The van der Waals surface area contributed by atoms with Gasteiger partial charge < -0.3 is 10.1 Å². The highest BCUT2D eigenvalue weighted by Gasteiger charge is 2.21. The summed E-state index contributed by atoms with van der Waals surface area (Å²) in [5.74, 6) is -0.262. The lowest BCUT2D eigenvalue weighted by molar-refractivity contribution is 0.0598. The summed E-state index contributed by atoms with van der Waals surface area (Å²) in [5, 5.41) is 3.60. The molecule has 1 aliphatic rings. The van der Waals surface area contributed by atoms with Crippen LogP contribution >= 0.6 is 0 Å². The average Bonchev–Trinajstić information content (AvgIpc) is 2.63. The molecule has 4 heteroatoms. The van der Waals surface area contributed by atoms with Gasteiger partial charge in [0, 0.05) is 32.2 Å². The first kappa shape index (κ1) is 16.7. The van der Waals surface area contributed by atoms with Gasteiger partial charge in [-0.15, -0.1) is 0 Å². The van der Waals surface area contributed by atoms with Crippen molar-refractivity contribution in [3.05, 3.63) is 71.3 Å². The summed E-state index contributed by atoms with van der Waals surface area (Å²) >= 11 is 0. The van der Waals surface area contributed by atoms with Crippen LogP contribution in [-0.4, -0.2) is 43.7 Å². The fourth-order valence-corrected chi connectivity index (χ4v) is 3.28. The van der Waals surface area contributed by atoms with Gasteiger partial charge in [0.05, 0.1) is 12.7 Å². The van der Waals surface area contributed by atoms with E-state index in [1.54, 1.807) is 0 Å². The summed E-state index contributed by atoms with van der Waals surface area (Å²) in [7, 11) is 1.43. The molecule has 2 aromatic carbocycles. The molecule has 2 aromatic rings. The number of carbonyl (C=O) groups is 1. The van der Waals surface area contributed by atoms with Crippen molar-refractivity contribution in [1.29, 1.82) is 0 Å². The van der Waals surface area contributed by atoms with Gasteiger partial charge in [-0.1, -0.05) is 48.5 Å². The van der Waals surface area contributed by atoms with E-state index in [1.165, 1.54) is 12.7 Å². The minimum atomic E-state index is -0.262. The molecule has 4 nitrogen and oxygen atoms in total. The molecule has 126 valence electrons. The maximum absolute atomic E-state index is 11.9. The molecule has 0 radical (unpaired) electrons. The van der Waals surface area contributed by atoms with Crippen LogP contribution in [0.1, 0.15) is 21.5 Å². The fourth-order valence-electron chi connectivity index (χ4n) is 3.28. The number of esters is 1. The second-order valence-corrected chi connectivity index (χ2v) is 6.22. The van der Waals surface area contributed by atoms with Gasteiger partial charge in [-0.25, -0.2) is 4.79 Å². The minimum absolute atomic E-state index is 0.262. The van der Waals surface area contributed by atoms with Crippen molar-refractivity contribution < 1.29 is 9.53 Å². The lowest BCUT2D eigenvalue weighted by atomic mass is 10.0. The molecule has 0 saturated carbocycles. The Morgan fingerprint density at radius 3 is 2.71 bits per heavy atom. The molecule has 1 aliphatic heterocycles. The number of hydrogen-bond acceptors (Lipinski definition) is 4. The first-order valence-electron chi connectivity index (χ1n) is 8.42. The predicted octanol–water partition coefficient (Wildman–Crippen LogP) is 2.49. The van der Waals surface area contributed by atoms with E-state index in [1.807, 2.05) is 30.3 Å². The number of rotatable bonds is 5. The van der Waals surface area contributed by atoms with Crippen molar-refractivity contribution in [3.63, 3.8) is 0 Å². The van der Waals surface area contributed by atoms with Crippen molar-refractivity contribution in [2.75, 3.05) is 26.7 Å². The molecule has 24 heavy (non-hydrogen) atoms. The number of methoxy groups -OCH3 is 1. The molecular formula is C20H24N2O2. The molecule has 0 spiro atoms. The van der Waals surface area contributed by atoms with E-state index >= 15 is 0 Å². The molecular weight excluding hydrogens is 300 g/mol. The van der Waals surface area contributed by atoms with Crippen LogP contribution in [0.5, 0.6) is 0 Å². The van der Waals surface area contributed by atoms with Crippen LogP contribution < -0.4 is 5.32 Å². The zero-order valence-electron chi connectivity index (χ0n) is 14.1. The summed E-state index contributed by atoms with van der Waals surface area (Å²) in [6.07, 6.45) is 1.02. The van der Waals surface area contributed by atoms with Crippen molar-refractivity contribution in [1.82, 2.24) is 10.2 Å². The van der Waals surface area contributed by atoms with Crippen LogP contribution in [0, 0.1) is 0 Å². The third kappa shape index (κ3) is 4.22. The maximum atomic E-state index is 11.9. The molecule has 0 aliphatic carbocycles. The van der Waals surface area contributed by atoms with Gasteiger partial charge in [-0.3, -0.25) is 4.90 Å². The fraction of sp³-hybridized carbons (Fsp3) is 0.350. The van der Waals surface area contributed by atoms with E-state index in [0.29, 0.717) is 11.6 Å². The molecule has 1 saturated heterocycles. The Labute approximate surface area is 143 Å². The highest BCUT2D eigenvalue weighted by molar-refractivity contribution is 5.90. The Morgan fingerprint density at radius 1 is 1.17 bits per heavy atom. The Bertz CT molecular complexity index is 672. The van der Waals surface area contributed by atoms with E-state index in [4.69, 9.17) is 4.74 Å². The molecule has 0 bridgehead atoms. The van der Waals surface area contributed by atoms with Crippen LogP contribution in [0.3, 0.4) is 0 Å². The average molecular weight is 324 g/mol. The third-order valence-corrected chi connectivity index (χ3v) is 4.48. The standard InChI is InChI=1S/C20H24N2O2/c1-24-20(23)19-10-6-5-9-17(19)14-22-12-11-21-18(15-22)13-16-7-3-2-4-8-16/h2-10,18,21H,11-15H2,1H3/t18-/m0/s1. The summed E-state index contributed by atoms with van der Waals surface area (Å²) in [6, 6.07) is 18.7. The highest BCUT2D eigenvalue weighted by atomic mass is 16.5. The smallest absolute Gasteiger partial charge is 0.338 e. The Hall–Kier alpha value is -2.17. The first-order chi connectivity index (χ1) is 11.8. The van der Waals surface area contributed by atoms with Gasteiger partial charge in [0.15, 0.2) is 0 Å². The summed E-state index contributed by atoms with van der Waals surface area (Å²) in [5.41, 5.74) is 3.05. The van der Waals surface area contributed by atoms with Crippen LogP contribution in [0.2, 0.25) is 0 Å². The molecule has 1 heterocycles. The van der Waals surface area contributed by atoms with Crippen LogP contribution in [0.25, 0.3) is 0 Å². The Morgan fingerprint density at radius 2 is 1.92 bits per heavy atom. The van der Waals surface area contributed by atoms with Gasteiger partial charge in [-0.2, -0.15) is 0 Å². The van der Waals surface area contributed by atoms with E-state index in [0.717, 1.165) is 38.2 Å². The van der Waals surface area contributed by atoms with Crippen molar-refractivity contribution >= 4 is 5.97 Å². The maximum Gasteiger partial charge on any atom is 0.338 e. The molecule has 0 unspecified atom stereocenters. The van der Waals surface area contributed by atoms with Crippen molar-refractivity contribution in [2.45, 2.75) is 19.0 Å². The van der Waals surface area contributed by atoms with E-state index in [9.17, 15) is 4.79 Å². The first-order valence-corrected chi connectivity index (χ1v) is 8.42. The Balaban J connectivity index is 1.65. The second kappa shape index (κ2) is 8.08. The summed E-state index contributed by atoms with van der Waals surface area (Å²) < 4.78 is 4.90. The van der Waals surface area contributed by atoms with Crippen LogP contribution in [0.15, 0.2) is 54.6 Å². The summed E-state index contributed by atoms with van der Waals surface area (Å²) in [4.78, 5) is 14.3. The molecule has 3 rings (SSSR count). The number of nitrogens with zero attached hydrogens (tertiary/aromatic N) is 1. The largest absolute Gasteiger partial charge is 0.465 e. The van der Waals surface area contributed by atoms with Gasteiger partial charge in [0.1, 0.15) is 0 Å². The molecule has 0 amide bonds. The number of nitrogens with one attached hydrogen (secondary N) is 1. The van der Waals surface area contributed by atoms with Gasteiger partial charge in [0.25, 0.3) is 0 Å². The van der Waals surface area contributed by atoms with E-state index in [-0.39, 0.29) is 5.97 Å². The number of carbonyl (C=O) groups excluding carboxylic acids is 1. The van der Waals surface area contributed by atoms with Crippen LogP contribution in [0.4, 0.5) is 0 Å². The topological polar surface area (TPSA) is 41.6 Å². The van der Waals surface area contributed by atoms with Gasteiger partial charge in [-0.05, 0) is 23.6 Å². The predicted molar refractivity (Wildman–Crippen MR) is 95.0 cm³/mol. The summed E-state index contributed by atoms with van der Waals surface area (Å²) in [6.45, 7) is 3.71. The van der Waals surface area contributed by atoms with Gasteiger partial charge >= 0.3 is 5.97 Å². The van der Waals surface area contributed by atoms with E-state index in [2.05, 4.69) is 34.5 Å². The number of benzene rings is 2. The molecule has 1 N–H and O–H groups in total. The minimum Gasteiger partial charge on any atom is -0.465 e.